The summed E-state index contributed by atoms with van der Waals surface area (Å²) in [5, 5.41) is 9.28. The van der Waals surface area contributed by atoms with Crippen LogP contribution in [0.2, 0.25) is 0 Å². The first-order chi connectivity index (χ1) is 16.6. The molecule has 1 aliphatic carbocycles. The van der Waals surface area contributed by atoms with Crippen molar-refractivity contribution in [2.24, 2.45) is 5.92 Å². The number of amides is 1. The van der Waals surface area contributed by atoms with Crippen LogP contribution in [0.25, 0.3) is 0 Å². The van der Waals surface area contributed by atoms with Crippen molar-refractivity contribution in [2.75, 3.05) is 27.3 Å². The summed E-state index contributed by atoms with van der Waals surface area (Å²) >= 11 is 0. The first-order valence-corrected chi connectivity index (χ1v) is 14.0. The normalized spacial score (nSPS) is 27.8. The fourth-order valence-corrected chi connectivity index (χ4v) is 8.35. The van der Waals surface area contributed by atoms with Gasteiger partial charge in [0, 0.05) is 26.2 Å². The number of hydroxylamine groups is 1. The molecule has 1 aromatic rings. The maximum Gasteiger partial charge on any atom is 0.261 e. The van der Waals surface area contributed by atoms with Crippen molar-refractivity contribution in [2.45, 2.75) is 42.3 Å². The van der Waals surface area contributed by atoms with Crippen LogP contribution in [-0.4, -0.2) is 82.1 Å². The Morgan fingerprint density at radius 1 is 1.11 bits per heavy atom. The summed E-state index contributed by atoms with van der Waals surface area (Å²) in [4.78, 5) is 12.6. The lowest BCUT2D eigenvalue weighted by Crippen LogP contribution is -2.54. The van der Waals surface area contributed by atoms with Crippen LogP contribution >= 0.6 is 0 Å². The van der Waals surface area contributed by atoms with E-state index in [9.17, 15) is 26.8 Å². The number of hydrogen-bond acceptors (Lipinski definition) is 8. The monoisotopic (exact) mass is 527 g/mol. The third-order valence-corrected chi connectivity index (χ3v) is 10.7. The summed E-state index contributed by atoms with van der Waals surface area (Å²) in [6, 6.07) is 4.05. The lowest BCUT2D eigenvalue weighted by Gasteiger charge is -2.38. The maximum absolute atomic E-state index is 13.7. The van der Waals surface area contributed by atoms with Gasteiger partial charge in [-0.1, -0.05) is 12.2 Å². The standard InChI is InChI=1S/C22H29N3O8S2/c1-32-16-3-7-18(8-4-16)34(28,29)24-12-11-15-13-20(22(26)23-27)25(21(15)14-24)35(30,31)19-9-5-17(33-2)6-10-19/h3-5,7-10,15,17,20-21,27H,6,11-14H2,1-2H3,(H,23,26)/t15-,17?,20?,21-/m0/s1. The Hall–Kier alpha value is -2.29. The number of benzene rings is 1. The van der Waals surface area contributed by atoms with Crippen LogP contribution in [0, 0.1) is 5.92 Å². The summed E-state index contributed by atoms with van der Waals surface area (Å²) in [5.74, 6) is -0.574. The molecule has 2 heterocycles. The van der Waals surface area contributed by atoms with Gasteiger partial charge < -0.3 is 9.47 Å². The highest BCUT2D eigenvalue weighted by Gasteiger charge is 2.53. The second-order valence-electron chi connectivity index (χ2n) is 8.69. The van der Waals surface area contributed by atoms with Crippen molar-refractivity contribution >= 4 is 26.0 Å². The lowest BCUT2D eigenvalue weighted by molar-refractivity contribution is -0.132. The predicted octanol–water partition coefficient (Wildman–Crippen LogP) is 0.843. The average Bonchev–Trinajstić information content (AvgIpc) is 3.28. The van der Waals surface area contributed by atoms with Crippen LogP contribution in [0.5, 0.6) is 5.75 Å². The van der Waals surface area contributed by atoms with Crippen LogP contribution in [0.4, 0.5) is 0 Å². The minimum absolute atomic E-state index is 0.0114. The summed E-state index contributed by atoms with van der Waals surface area (Å²) in [5.41, 5.74) is 1.57. The van der Waals surface area contributed by atoms with Crippen molar-refractivity contribution in [3.05, 3.63) is 47.4 Å². The number of carbonyl (C=O) groups excluding carboxylic acids is 1. The molecule has 2 unspecified atom stereocenters. The van der Waals surface area contributed by atoms with E-state index < -0.39 is 38.0 Å². The quantitative estimate of drug-likeness (QED) is 0.392. The Balaban J connectivity index is 1.66. The zero-order valence-electron chi connectivity index (χ0n) is 19.4. The molecule has 0 bridgehead atoms. The number of rotatable bonds is 7. The molecule has 1 amide bonds. The molecule has 0 aromatic heterocycles. The molecule has 2 N–H and O–H groups in total. The number of allylic oxidation sites excluding steroid dienone is 1. The van der Waals surface area contributed by atoms with Gasteiger partial charge in [-0.2, -0.15) is 8.61 Å². The SMILES string of the molecule is COc1ccc(S(=O)(=O)N2CC[C@H]3CC(C(=O)NO)N(S(=O)(=O)C4=CCC(OC)C=C4)[C@H]3C2)cc1. The molecule has 1 aromatic carbocycles. The molecule has 3 aliphatic rings. The zero-order chi connectivity index (χ0) is 25.4. The largest absolute Gasteiger partial charge is 0.497 e. The summed E-state index contributed by atoms with van der Waals surface area (Å²) in [6.07, 6.45) is 5.24. The molecule has 4 rings (SSSR count). The molecular weight excluding hydrogens is 498 g/mol. The van der Waals surface area contributed by atoms with Gasteiger partial charge in [0.1, 0.15) is 11.8 Å². The molecule has 13 heteroatoms. The van der Waals surface area contributed by atoms with Gasteiger partial charge in [0.25, 0.3) is 5.91 Å². The van der Waals surface area contributed by atoms with E-state index in [-0.39, 0.29) is 41.3 Å². The van der Waals surface area contributed by atoms with Crippen LogP contribution in [0.15, 0.2) is 52.3 Å². The fourth-order valence-electron chi connectivity index (χ4n) is 4.96. The maximum atomic E-state index is 13.7. The van der Waals surface area contributed by atoms with E-state index >= 15 is 0 Å². The van der Waals surface area contributed by atoms with E-state index in [1.54, 1.807) is 23.7 Å². The molecule has 0 saturated carbocycles. The second-order valence-corrected chi connectivity index (χ2v) is 12.5. The smallest absolute Gasteiger partial charge is 0.261 e. The summed E-state index contributed by atoms with van der Waals surface area (Å²) in [7, 11) is -5.08. The lowest BCUT2D eigenvalue weighted by atomic mass is 9.92. The Labute approximate surface area is 205 Å². The van der Waals surface area contributed by atoms with E-state index in [1.165, 1.54) is 42.8 Å². The number of nitrogens with one attached hydrogen (secondary N) is 1. The van der Waals surface area contributed by atoms with E-state index in [0.29, 0.717) is 18.6 Å². The second kappa shape index (κ2) is 9.99. The molecule has 4 atom stereocenters. The zero-order valence-corrected chi connectivity index (χ0v) is 21.0. The van der Waals surface area contributed by atoms with Crippen LogP contribution in [-0.2, 0) is 29.6 Å². The third-order valence-electron chi connectivity index (χ3n) is 6.86. The number of methoxy groups -OCH3 is 2. The highest BCUT2D eigenvalue weighted by atomic mass is 32.2. The first-order valence-electron chi connectivity index (χ1n) is 11.2. The number of hydrogen-bond donors (Lipinski definition) is 2. The molecule has 0 spiro atoms. The van der Waals surface area contributed by atoms with Gasteiger partial charge in [-0.3, -0.25) is 10.0 Å². The highest BCUT2D eigenvalue weighted by Crippen LogP contribution is 2.41. The fraction of sp³-hybridized carbons (Fsp3) is 0.500. The molecular formula is C22H29N3O8S2. The Morgan fingerprint density at radius 3 is 2.40 bits per heavy atom. The topological polar surface area (TPSA) is 143 Å². The Morgan fingerprint density at radius 2 is 1.83 bits per heavy atom. The minimum atomic E-state index is -4.17. The number of nitrogens with zero attached hydrogens (tertiary/aromatic N) is 2. The van der Waals surface area contributed by atoms with Crippen LogP contribution in [0.1, 0.15) is 19.3 Å². The van der Waals surface area contributed by atoms with Gasteiger partial charge >= 0.3 is 0 Å². The van der Waals surface area contributed by atoms with E-state index in [2.05, 4.69) is 0 Å². The van der Waals surface area contributed by atoms with E-state index in [0.717, 1.165) is 4.31 Å². The predicted molar refractivity (Wildman–Crippen MR) is 125 cm³/mol. The molecule has 2 fully saturated rings. The molecule has 11 nitrogen and oxygen atoms in total. The van der Waals surface area contributed by atoms with Crippen molar-refractivity contribution in [3.63, 3.8) is 0 Å². The van der Waals surface area contributed by atoms with Gasteiger partial charge in [-0.05, 0) is 55.5 Å². The molecule has 0 radical (unpaired) electrons. The molecule has 192 valence electrons. The van der Waals surface area contributed by atoms with Crippen LogP contribution < -0.4 is 10.2 Å². The molecule has 2 aliphatic heterocycles. The third kappa shape index (κ3) is 4.76. The average molecular weight is 528 g/mol. The van der Waals surface area contributed by atoms with Gasteiger partial charge in [-0.25, -0.2) is 22.3 Å². The van der Waals surface area contributed by atoms with Crippen molar-refractivity contribution in [1.82, 2.24) is 14.1 Å². The molecule has 2 saturated heterocycles. The van der Waals surface area contributed by atoms with E-state index in [4.69, 9.17) is 9.47 Å². The highest BCUT2D eigenvalue weighted by molar-refractivity contribution is 7.93. The number of fused-ring (bicyclic) bond motifs is 1. The molecule has 35 heavy (non-hydrogen) atoms. The number of piperidine rings is 1. The summed E-state index contributed by atoms with van der Waals surface area (Å²) in [6.45, 7) is 0.0835. The van der Waals surface area contributed by atoms with Gasteiger partial charge in [0.15, 0.2) is 0 Å². The number of carbonyl (C=O) groups is 1. The van der Waals surface area contributed by atoms with Crippen molar-refractivity contribution in [1.29, 1.82) is 0 Å². The van der Waals surface area contributed by atoms with Crippen LogP contribution in [0.3, 0.4) is 0 Å². The van der Waals surface area contributed by atoms with E-state index in [1.807, 2.05) is 0 Å². The first kappa shape index (κ1) is 25.8. The van der Waals surface area contributed by atoms with Crippen molar-refractivity contribution < 1.29 is 36.3 Å². The van der Waals surface area contributed by atoms with Gasteiger partial charge in [0.05, 0.1) is 23.0 Å². The van der Waals surface area contributed by atoms with Gasteiger partial charge in [-0.15, -0.1) is 0 Å². The van der Waals surface area contributed by atoms with Crippen molar-refractivity contribution in [3.8, 4) is 5.75 Å². The van der Waals surface area contributed by atoms with Gasteiger partial charge in [0.2, 0.25) is 20.0 Å². The number of sulfonamides is 2. The number of ether oxygens (including phenoxy) is 2. The minimum Gasteiger partial charge on any atom is -0.497 e. The Kier molecular flexibility index (Phi) is 7.36. The summed E-state index contributed by atoms with van der Waals surface area (Å²) < 4.78 is 66.7. The Bertz CT molecular complexity index is 1230.